The van der Waals surface area contributed by atoms with Gasteiger partial charge in [-0.1, -0.05) is 44.2 Å². The highest BCUT2D eigenvalue weighted by Gasteiger charge is 2.30. The van der Waals surface area contributed by atoms with Crippen LogP contribution in [0.15, 0.2) is 30.3 Å². The van der Waals surface area contributed by atoms with Gasteiger partial charge in [0.15, 0.2) is 0 Å². The monoisotopic (exact) mass is 231 g/mol. The van der Waals surface area contributed by atoms with Crippen LogP contribution in [0.2, 0.25) is 0 Å². The fourth-order valence-corrected chi connectivity index (χ4v) is 2.54. The van der Waals surface area contributed by atoms with Crippen molar-refractivity contribution in [1.82, 2.24) is 4.90 Å². The number of benzene rings is 1. The Morgan fingerprint density at radius 3 is 2.65 bits per heavy atom. The average molecular weight is 231 g/mol. The molecule has 1 amide bonds. The zero-order chi connectivity index (χ0) is 12.3. The van der Waals surface area contributed by atoms with Crippen LogP contribution in [-0.2, 0) is 11.2 Å². The summed E-state index contributed by atoms with van der Waals surface area (Å²) >= 11 is 0. The van der Waals surface area contributed by atoms with Crippen molar-refractivity contribution in [1.29, 1.82) is 0 Å². The summed E-state index contributed by atoms with van der Waals surface area (Å²) in [5.41, 5.74) is 1.33. The number of likely N-dealkylation sites (tertiary alicyclic amines) is 1. The number of rotatable bonds is 4. The Hall–Kier alpha value is -1.31. The minimum atomic E-state index is 0.333. The first-order valence-corrected chi connectivity index (χ1v) is 6.50. The predicted octanol–water partition coefficient (Wildman–Crippen LogP) is 2.88. The van der Waals surface area contributed by atoms with Gasteiger partial charge < -0.3 is 4.90 Å². The largest absolute Gasteiger partial charge is 0.339 e. The minimum Gasteiger partial charge on any atom is -0.339 e. The number of hydrogen-bond acceptors (Lipinski definition) is 1. The summed E-state index contributed by atoms with van der Waals surface area (Å²) < 4.78 is 0. The Balaban J connectivity index is 2.02. The molecule has 0 saturated carbocycles. The molecule has 1 aromatic carbocycles. The Labute approximate surface area is 104 Å². The molecule has 17 heavy (non-hydrogen) atoms. The highest BCUT2D eigenvalue weighted by molar-refractivity contribution is 5.78. The van der Waals surface area contributed by atoms with E-state index in [9.17, 15) is 4.79 Å². The fourth-order valence-electron chi connectivity index (χ4n) is 2.54. The number of nitrogens with zero attached hydrogens (tertiary/aromatic N) is 1. The van der Waals surface area contributed by atoms with E-state index < -0.39 is 0 Å². The summed E-state index contributed by atoms with van der Waals surface area (Å²) in [6.07, 6.45) is 2.74. The van der Waals surface area contributed by atoms with E-state index in [0.717, 1.165) is 25.8 Å². The molecule has 1 aromatic rings. The molecule has 0 N–H and O–H groups in total. The predicted molar refractivity (Wildman–Crippen MR) is 69.7 cm³/mol. The standard InChI is InChI=1S/C15H21NO/c1-12(2)11-16-14(8-9-15(16)17)10-13-6-4-3-5-7-13/h3-7,12,14H,8-11H2,1-2H3. The van der Waals surface area contributed by atoms with Crippen LogP contribution in [0, 0.1) is 5.92 Å². The van der Waals surface area contributed by atoms with Gasteiger partial charge >= 0.3 is 0 Å². The van der Waals surface area contributed by atoms with Crippen molar-refractivity contribution in [2.24, 2.45) is 5.92 Å². The van der Waals surface area contributed by atoms with Gasteiger partial charge in [-0.25, -0.2) is 0 Å². The summed E-state index contributed by atoms with van der Waals surface area (Å²) in [4.78, 5) is 13.9. The Bertz CT molecular complexity index is 372. The van der Waals surface area contributed by atoms with Crippen LogP contribution in [0.25, 0.3) is 0 Å². The first-order valence-electron chi connectivity index (χ1n) is 6.50. The summed E-state index contributed by atoms with van der Waals surface area (Å²) in [6.45, 7) is 5.24. The maximum atomic E-state index is 11.8. The summed E-state index contributed by atoms with van der Waals surface area (Å²) in [5, 5.41) is 0. The third kappa shape index (κ3) is 3.09. The fraction of sp³-hybridized carbons (Fsp3) is 0.533. The zero-order valence-corrected chi connectivity index (χ0v) is 10.7. The highest BCUT2D eigenvalue weighted by Crippen LogP contribution is 2.23. The molecule has 2 heteroatoms. The molecule has 1 fully saturated rings. The van der Waals surface area contributed by atoms with Gasteiger partial charge in [0.1, 0.15) is 0 Å². The van der Waals surface area contributed by atoms with Gasteiger partial charge in [-0.05, 0) is 24.3 Å². The van der Waals surface area contributed by atoms with Crippen molar-refractivity contribution in [3.05, 3.63) is 35.9 Å². The van der Waals surface area contributed by atoms with Crippen LogP contribution in [0.5, 0.6) is 0 Å². The Morgan fingerprint density at radius 2 is 2.00 bits per heavy atom. The molecule has 1 aliphatic rings. The van der Waals surface area contributed by atoms with E-state index in [4.69, 9.17) is 0 Å². The quantitative estimate of drug-likeness (QED) is 0.780. The van der Waals surface area contributed by atoms with Crippen LogP contribution in [-0.4, -0.2) is 23.4 Å². The van der Waals surface area contributed by atoms with Gasteiger partial charge in [0, 0.05) is 19.0 Å². The van der Waals surface area contributed by atoms with E-state index in [1.165, 1.54) is 5.56 Å². The van der Waals surface area contributed by atoms with E-state index in [1.54, 1.807) is 0 Å². The first-order chi connectivity index (χ1) is 8.16. The van der Waals surface area contributed by atoms with Gasteiger partial charge in [0.25, 0.3) is 0 Å². The molecule has 1 atom stereocenters. The molecule has 0 radical (unpaired) electrons. The molecule has 0 aliphatic carbocycles. The number of hydrogen-bond donors (Lipinski definition) is 0. The van der Waals surface area contributed by atoms with Crippen molar-refractivity contribution >= 4 is 5.91 Å². The summed E-state index contributed by atoms with van der Waals surface area (Å²) in [5.74, 6) is 0.884. The molecule has 2 nitrogen and oxygen atoms in total. The van der Waals surface area contributed by atoms with Gasteiger partial charge in [0.05, 0.1) is 0 Å². The van der Waals surface area contributed by atoms with Crippen molar-refractivity contribution in [3.63, 3.8) is 0 Å². The second-order valence-corrected chi connectivity index (χ2v) is 5.32. The molecule has 0 bridgehead atoms. The van der Waals surface area contributed by atoms with Gasteiger partial charge in [0.2, 0.25) is 5.91 Å². The van der Waals surface area contributed by atoms with Gasteiger partial charge in [-0.15, -0.1) is 0 Å². The van der Waals surface area contributed by atoms with Crippen molar-refractivity contribution < 1.29 is 4.79 Å². The smallest absolute Gasteiger partial charge is 0.222 e. The second-order valence-electron chi connectivity index (χ2n) is 5.32. The summed E-state index contributed by atoms with van der Waals surface area (Å²) in [6, 6.07) is 10.9. The lowest BCUT2D eigenvalue weighted by Gasteiger charge is -2.26. The maximum absolute atomic E-state index is 11.8. The molecule has 1 saturated heterocycles. The normalized spacial score (nSPS) is 20.3. The third-order valence-electron chi connectivity index (χ3n) is 3.33. The third-order valence-corrected chi connectivity index (χ3v) is 3.33. The van der Waals surface area contributed by atoms with Crippen molar-refractivity contribution in [2.45, 2.75) is 39.2 Å². The Morgan fingerprint density at radius 1 is 1.29 bits per heavy atom. The van der Waals surface area contributed by atoms with Crippen LogP contribution >= 0.6 is 0 Å². The highest BCUT2D eigenvalue weighted by atomic mass is 16.2. The molecule has 2 rings (SSSR count). The molecule has 1 aliphatic heterocycles. The molecule has 1 heterocycles. The Kier molecular flexibility index (Phi) is 3.82. The van der Waals surface area contributed by atoms with Gasteiger partial charge in [-0.3, -0.25) is 4.79 Å². The lowest BCUT2D eigenvalue weighted by Crippen LogP contribution is -2.37. The van der Waals surface area contributed by atoms with E-state index >= 15 is 0 Å². The first kappa shape index (κ1) is 12.2. The van der Waals surface area contributed by atoms with E-state index in [-0.39, 0.29) is 0 Å². The van der Waals surface area contributed by atoms with Crippen LogP contribution in [0.1, 0.15) is 32.3 Å². The SMILES string of the molecule is CC(C)CN1C(=O)CCC1Cc1ccccc1. The second kappa shape index (κ2) is 5.35. The van der Waals surface area contributed by atoms with Crippen LogP contribution in [0.3, 0.4) is 0 Å². The van der Waals surface area contributed by atoms with Gasteiger partial charge in [-0.2, -0.15) is 0 Å². The molecule has 1 unspecified atom stereocenters. The average Bonchev–Trinajstić information content (AvgIpc) is 2.62. The topological polar surface area (TPSA) is 20.3 Å². The van der Waals surface area contributed by atoms with Crippen molar-refractivity contribution in [2.75, 3.05) is 6.54 Å². The van der Waals surface area contributed by atoms with Crippen LogP contribution in [0.4, 0.5) is 0 Å². The lowest BCUT2D eigenvalue weighted by atomic mass is 10.0. The molecular weight excluding hydrogens is 210 g/mol. The van der Waals surface area contributed by atoms with Crippen LogP contribution < -0.4 is 0 Å². The van der Waals surface area contributed by atoms with E-state index in [2.05, 4.69) is 43.0 Å². The van der Waals surface area contributed by atoms with E-state index in [1.807, 2.05) is 6.07 Å². The maximum Gasteiger partial charge on any atom is 0.222 e. The molecular formula is C15H21NO. The van der Waals surface area contributed by atoms with Crippen molar-refractivity contribution in [3.8, 4) is 0 Å². The minimum absolute atomic E-state index is 0.333. The lowest BCUT2D eigenvalue weighted by molar-refractivity contribution is -0.129. The molecule has 0 aromatic heterocycles. The molecule has 92 valence electrons. The van der Waals surface area contributed by atoms with E-state index in [0.29, 0.717) is 17.9 Å². The number of amides is 1. The number of carbonyl (C=O) groups is 1. The molecule has 0 spiro atoms. The zero-order valence-electron chi connectivity index (χ0n) is 10.7. The number of carbonyl (C=O) groups excluding carboxylic acids is 1. The summed E-state index contributed by atoms with van der Waals surface area (Å²) in [7, 11) is 0.